The standard InChI is InChI=1S/C23H23ClFN3O2/c1-30-21-6-2-15(12-19(21)25)14-28-10-8-18(9-11-28)26-23(29)17-3-5-20-16(13-17)4-7-22(24)27-20/h2-7,12-13,18H,8-11,14H2,1H3,(H,26,29). The summed E-state index contributed by atoms with van der Waals surface area (Å²) in [6.07, 6.45) is 1.71. The third-order valence-corrected chi connectivity index (χ3v) is 5.67. The van der Waals surface area contributed by atoms with Crippen LogP contribution in [0.2, 0.25) is 5.15 Å². The molecule has 1 fully saturated rings. The smallest absolute Gasteiger partial charge is 0.251 e. The van der Waals surface area contributed by atoms with Crippen molar-refractivity contribution in [3.05, 3.63) is 70.6 Å². The van der Waals surface area contributed by atoms with Gasteiger partial charge < -0.3 is 10.1 Å². The molecule has 1 aliphatic rings. The number of fused-ring (bicyclic) bond motifs is 1. The minimum atomic E-state index is -0.343. The van der Waals surface area contributed by atoms with Gasteiger partial charge in [0.25, 0.3) is 5.91 Å². The summed E-state index contributed by atoms with van der Waals surface area (Å²) in [6, 6.07) is 14.2. The molecule has 1 aromatic heterocycles. The molecule has 0 aliphatic carbocycles. The van der Waals surface area contributed by atoms with Crippen LogP contribution in [-0.4, -0.2) is 42.0 Å². The van der Waals surface area contributed by atoms with Crippen molar-refractivity contribution in [2.45, 2.75) is 25.4 Å². The van der Waals surface area contributed by atoms with Gasteiger partial charge in [0.05, 0.1) is 12.6 Å². The highest BCUT2D eigenvalue weighted by atomic mass is 35.5. The highest BCUT2D eigenvalue weighted by Crippen LogP contribution is 2.21. The van der Waals surface area contributed by atoms with Gasteiger partial charge >= 0.3 is 0 Å². The first kappa shape index (κ1) is 20.6. The number of aromatic nitrogens is 1. The summed E-state index contributed by atoms with van der Waals surface area (Å²) < 4.78 is 18.9. The molecule has 0 unspecified atom stereocenters. The number of amides is 1. The Morgan fingerprint density at radius 1 is 1.20 bits per heavy atom. The van der Waals surface area contributed by atoms with Gasteiger partial charge in [0.2, 0.25) is 0 Å². The molecule has 0 atom stereocenters. The number of hydrogen-bond donors (Lipinski definition) is 1. The second-order valence-corrected chi connectivity index (χ2v) is 7.92. The Hall–Kier alpha value is -2.70. The average molecular weight is 428 g/mol. The first-order valence-corrected chi connectivity index (χ1v) is 10.3. The zero-order chi connectivity index (χ0) is 21.1. The number of carbonyl (C=O) groups excluding carboxylic acids is 1. The number of pyridine rings is 1. The summed E-state index contributed by atoms with van der Waals surface area (Å²) in [5, 5.41) is 4.45. The lowest BCUT2D eigenvalue weighted by Gasteiger charge is -2.32. The van der Waals surface area contributed by atoms with Crippen LogP contribution in [-0.2, 0) is 6.54 Å². The molecule has 156 valence electrons. The maximum atomic E-state index is 13.9. The Bertz CT molecular complexity index is 1070. The monoisotopic (exact) mass is 427 g/mol. The summed E-state index contributed by atoms with van der Waals surface area (Å²) in [7, 11) is 1.46. The number of nitrogens with one attached hydrogen (secondary N) is 1. The van der Waals surface area contributed by atoms with Crippen molar-refractivity contribution in [1.29, 1.82) is 0 Å². The first-order valence-electron chi connectivity index (χ1n) is 9.94. The number of benzene rings is 2. The quantitative estimate of drug-likeness (QED) is 0.612. The highest BCUT2D eigenvalue weighted by molar-refractivity contribution is 6.29. The van der Waals surface area contributed by atoms with E-state index in [-0.39, 0.29) is 23.5 Å². The summed E-state index contributed by atoms with van der Waals surface area (Å²) in [5.74, 6) is -0.166. The highest BCUT2D eigenvalue weighted by Gasteiger charge is 2.21. The van der Waals surface area contributed by atoms with Crippen LogP contribution in [0.3, 0.4) is 0 Å². The van der Waals surface area contributed by atoms with Gasteiger partial charge in [0.1, 0.15) is 5.15 Å². The number of hydrogen-bond acceptors (Lipinski definition) is 4. The maximum absolute atomic E-state index is 13.9. The van der Waals surface area contributed by atoms with E-state index in [1.165, 1.54) is 13.2 Å². The third kappa shape index (κ3) is 4.71. The van der Waals surface area contributed by atoms with Gasteiger partial charge in [-0.1, -0.05) is 17.7 Å². The normalized spacial score (nSPS) is 15.3. The number of halogens is 2. The van der Waals surface area contributed by atoms with Gasteiger partial charge in [-0.2, -0.15) is 0 Å². The van der Waals surface area contributed by atoms with E-state index < -0.39 is 0 Å². The van der Waals surface area contributed by atoms with Gasteiger partial charge in [-0.05, 0) is 60.9 Å². The number of methoxy groups -OCH3 is 1. The van der Waals surface area contributed by atoms with E-state index in [0.717, 1.165) is 42.4 Å². The molecule has 0 saturated carbocycles. The van der Waals surface area contributed by atoms with Crippen molar-refractivity contribution in [3.63, 3.8) is 0 Å². The zero-order valence-corrected chi connectivity index (χ0v) is 17.5. The van der Waals surface area contributed by atoms with Crippen LogP contribution in [0.25, 0.3) is 10.9 Å². The molecule has 0 spiro atoms. The van der Waals surface area contributed by atoms with Crippen molar-refractivity contribution < 1.29 is 13.9 Å². The maximum Gasteiger partial charge on any atom is 0.251 e. The second kappa shape index (κ2) is 8.98. The predicted molar refractivity (Wildman–Crippen MR) is 115 cm³/mol. The summed E-state index contributed by atoms with van der Waals surface area (Å²) in [6.45, 7) is 2.37. The molecule has 1 N–H and O–H groups in total. The number of nitrogens with zero attached hydrogens (tertiary/aromatic N) is 2. The summed E-state index contributed by atoms with van der Waals surface area (Å²) in [5.41, 5.74) is 2.30. The molecular formula is C23H23ClFN3O2. The lowest BCUT2D eigenvalue weighted by atomic mass is 10.0. The van der Waals surface area contributed by atoms with Crippen LogP contribution < -0.4 is 10.1 Å². The Kier molecular flexibility index (Phi) is 6.16. The van der Waals surface area contributed by atoms with E-state index in [1.54, 1.807) is 18.2 Å². The van der Waals surface area contributed by atoms with Crippen molar-refractivity contribution in [3.8, 4) is 5.75 Å². The minimum Gasteiger partial charge on any atom is -0.494 e. The van der Waals surface area contributed by atoms with Gasteiger partial charge in [-0.15, -0.1) is 0 Å². The van der Waals surface area contributed by atoms with Crippen LogP contribution in [0.4, 0.5) is 4.39 Å². The van der Waals surface area contributed by atoms with E-state index in [1.807, 2.05) is 24.3 Å². The Morgan fingerprint density at radius 2 is 2.00 bits per heavy atom. The molecule has 7 heteroatoms. The molecule has 2 heterocycles. The summed E-state index contributed by atoms with van der Waals surface area (Å²) in [4.78, 5) is 19.2. The second-order valence-electron chi connectivity index (χ2n) is 7.53. The fourth-order valence-electron chi connectivity index (χ4n) is 3.81. The van der Waals surface area contributed by atoms with Gasteiger partial charge in [0.15, 0.2) is 11.6 Å². The van der Waals surface area contributed by atoms with Gasteiger partial charge in [-0.3, -0.25) is 9.69 Å². The fourth-order valence-corrected chi connectivity index (χ4v) is 3.97. The largest absolute Gasteiger partial charge is 0.494 e. The van der Waals surface area contributed by atoms with E-state index in [0.29, 0.717) is 17.3 Å². The SMILES string of the molecule is COc1ccc(CN2CCC(NC(=O)c3ccc4nc(Cl)ccc4c3)CC2)cc1F. The molecule has 2 aromatic carbocycles. The molecule has 30 heavy (non-hydrogen) atoms. The molecule has 4 rings (SSSR count). The molecule has 5 nitrogen and oxygen atoms in total. The Morgan fingerprint density at radius 3 is 2.73 bits per heavy atom. The topological polar surface area (TPSA) is 54.5 Å². The molecule has 1 aliphatic heterocycles. The number of ether oxygens (including phenoxy) is 1. The van der Waals surface area contributed by atoms with E-state index in [9.17, 15) is 9.18 Å². The van der Waals surface area contributed by atoms with E-state index in [4.69, 9.17) is 16.3 Å². The average Bonchev–Trinajstić information content (AvgIpc) is 2.75. The van der Waals surface area contributed by atoms with Crippen molar-refractivity contribution in [1.82, 2.24) is 15.2 Å². The number of rotatable bonds is 5. The van der Waals surface area contributed by atoms with E-state index in [2.05, 4.69) is 15.2 Å². The first-order chi connectivity index (χ1) is 14.5. The molecule has 3 aromatic rings. The van der Waals surface area contributed by atoms with Crippen LogP contribution >= 0.6 is 11.6 Å². The summed E-state index contributed by atoms with van der Waals surface area (Å²) >= 11 is 5.92. The van der Waals surface area contributed by atoms with Crippen molar-refractivity contribution in [2.24, 2.45) is 0 Å². The number of likely N-dealkylation sites (tertiary alicyclic amines) is 1. The van der Waals surface area contributed by atoms with Crippen molar-refractivity contribution in [2.75, 3.05) is 20.2 Å². The number of carbonyl (C=O) groups is 1. The molecule has 1 saturated heterocycles. The van der Waals surface area contributed by atoms with Gasteiger partial charge in [0, 0.05) is 36.6 Å². The van der Waals surface area contributed by atoms with Crippen molar-refractivity contribution >= 4 is 28.4 Å². The van der Waals surface area contributed by atoms with Crippen LogP contribution in [0.5, 0.6) is 5.75 Å². The third-order valence-electron chi connectivity index (χ3n) is 5.46. The lowest BCUT2D eigenvalue weighted by Crippen LogP contribution is -2.44. The van der Waals surface area contributed by atoms with E-state index >= 15 is 0 Å². The fraction of sp³-hybridized carbons (Fsp3) is 0.304. The molecular weight excluding hydrogens is 405 g/mol. The number of piperidine rings is 1. The Labute approximate surface area is 179 Å². The lowest BCUT2D eigenvalue weighted by molar-refractivity contribution is 0.0909. The molecule has 0 bridgehead atoms. The zero-order valence-electron chi connectivity index (χ0n) is 16.7. The van der Waals surface area contributed by atoms with Crippen LogP contribution in [0.1, 0.15) is 28.8 Å². The van der Waals surface area contributed by atoms with Gasteiger partial charge in [-0.25, -0.2) is 9.37 Å². The Balaban J connectivity index is 1.31. The van der Waals surface area contributed by atoms with Crippen LogP contribution in [0.15, 0.2) is 48.5 Å². The minimum absolute atomic E-state index is 0.0810. The molecule has 0 radical (unpaired) electrons. The van der Waals surface area contributed by atoms with Crippen LogP contribution in [0, 0.1) is 5.82 Å². The predicted octanol–water partition coefficient (Wildman–Crippen LogP) is 4.43. The molecule has 1 amide bonds.